The quantitative estimate of drug-likeness (QED) is 0.0247. The van der Waals surface area contributed by atoms with E-state index in [0.29, 0.717) is 19.3 Å². The van der Waals surface area contributed by atoms with Crippen molar-refractivity contribution in [1.29, 1.82) is 0 Å². The Morgan fingerprint density at radius 2 is 0.948 bits per heavy atom. The van der Waals surface area contributed by atoms with E-state index in [2.05, 4.69) is 62.5 Å². The number of carbonyl (C=O) groups excluding carboxylic acids is 2. The van der Waals surface area contributed by atoms with Crippen molar-refractivity contribution in [3.63, 3.8) is 0 Å². The van der Waals surface area contributed by atoms with Crippen LogP contribution in [0.2, 0.25) is 0 Å². The first-order chi connectivity index (χ1) is 28.5. The molecule has 0 bridgehead atoms. The first kappa shape index (κ1) is 55.6. The van der Waals surface area contributed by atoms with Crippen LogP contribution in [0.1, 0.15) is 233 Å². The van der Waals surface area contributed by atoms with Crippen molar-refractivity contribution in [2.45, 2.75) is 251 Å². The number of esters is 1. The van der Waals surface area contributed by atoms with Gasteiger partial charge in [-0.2, -0.15) is 0 Å². The van der Waals surface area contributed by atoms with Gasteiger partial charge in [-0.1, -0.05) is 210 Å². The number of rotatable bonds is 43. The lowest BCUT2D eigenvalue weighted by molar-refractivity contribution is -0.151. The Balaban J connectivity index is 4.67. The third-order valence-corrected chi connectivity index (χ3v) is 10.9. The third-order valence-electron chi connectivity index (χ3n) is 10.9. The molecule has 3 atom stereocenters. The van der Waals surface area contributed by atoms with Gasteiger partial charge in [-0.05, 0) is 70.6 Å². The first-order valence-corrected chi connectivity index (χ1v) is 24.6. The molecule has 0 heterocycles. The minimum atomic E-state index is -0.801. The summed E-state index contributed by atoms with van der Waals surface area (Å²) in [5.41, 5.74) is 0. The average molecular weight is 812 g/mol. The van der Waals surface area contributed by atoms with Gasteiger partial charge in [0.2, 0.25) is 5.91 Å². The molecule has 6 heteroatoms. The van der Waals surface area contributed by atoms with E-state index in [4.69, 9.17) is 4.74 Å². The molecule has 0 saturated carbocycles. The largest absolute Gasteiger partial charge is 0.462 e. The molecule has 0 spiro atoms. The molecule has 0 rings (SSSR count). The molecular weight excluding hydrogens is 719 g/mol. The molecule has 0 aromatic rings. The predicted octanol–water partition coefficient (Wildman–Crippen LogP) is 14.5. The number of unbranched alkanes of at least 4 members (excludes halogenated alkanes) is 24. The van der Waals surface area contributed by atoms with E-state index >= 15 is 0 Å². The Morgan fingerprint density at radius 1 is 0.517 bits per heavy atom. The smallest absolute Gasteiger partial charge is 0.306 e. The van der Waals surface area contributed by atoms with Gasteiger partial charge in [-0.3, -0.25) is 9.59 Å². The molecule has 0 aliphatic carbocycles. The number of ether oxygens (including phenoxy) is 1. The first-order valence-electron chi connectivity index (χ1n) is 24.6. The van der Waals surface area contributed by atoms with Crippen molar-refractivity contribution < 1.29 is 24.5 Å². The number of aliphatic hydroxyl groups excluding tert-OH is 2. The van der Waals surface area contributed by atoms with E-state index in [1.54, 1.807) is 0 Å². The summed E-state index contributed by atoms with van der Waals surface area (Å²) in [7, 11) is 0. The fourth-order valence-electron chi connectivity index (χ4n) is 7.20. The maximum Gasteiger partial charge on any atom is 0.306 e. The van der Waals surface area contributed by atoms with Crippen LogP contribution < -0.4 is 5.32 Å². The summed E-state index contributed by atoms with van der Waals surface area (Å²) in [6, 6.07) is -0.717. The molecule has 1 amide bonds. The van der Waals surface area contributed by atoms with Crippen molar-refractivity contribution in [3.05, 3.63) is 60.8 Å². The molecule has 58 heavy (non-hydrogen) atoms. The zero-order chi connectivity index (χ0) is 42.4. The van der Waals surface area contributed by atoms with E-state index in [9.17, 15) is 19.8 Å². The maximum atomic E-state index is 13.2. The van der Waals surface area contributed by atoms with Crippen molar-refractivity contribution >= 4 is 11.9 Å². The summed E-state index contributed by atoms with van der Waals surface area (Å²) in [6.07, 6.45) is 55.6. The van der Waals surface area contributed by atoms with E-state index < -0.39 is 18.2 Å². The lowest BCUT2D eigenvalue weighted by atomic mass is 10.0. The second-order valence-corrected chi connectivity index (χ2v) is 16.6. The van der Waals surface area contributed by atoms with Crippen molar-refractivity contribution in [1.82, 2.24) is 5.32 Å². The van der Waals surface area contributed by atoms with Gasteiger partial charge < -0.3 is 20.3 Å². The molecule has 0 saturated heterocycles. The monoisotopic (exact) mass is 812 g/mol. The highest BCUT2D eigenvalue weighted by Crippen LogP contribution is 2.17. The molecule has 0 aromatic carbocycles. The second-order valence-electron chi connectivity index (χ2n) is 16.6. The predicted molar refractivity (Wildman–Crippen MR) is 250 cm³/mol. The summed E-state index contributed by atoms with van der Waals surface area (Å²) >= 11 is 0. The van der Waals surface area contributed by atoms with Crippen LogP contribution in [0, 0.1) is 0 Å². The van der Waals surface area contributed by atoms with Crippen LogP contribution >= 0.6 is 0 Å². The van der Waals surface area contributed by atoms with E-state index in [-0.39, 0.29) is 24.9 Å². The highest BCUT2D eigenvalue weighted by Gasteiger charge is 2.24. The molecular formula is C52H93NO5. The van der Waals surface area contributed by atoms with Crippen LogP contribution in [0.25, 0.3) is 0 Å². The Labute approximate surface area is 358 Å². The molecule has 0 aromatic heterocycles. The fraction of sp³-hybridized carbons (Fsp3) is 0.769. The molecule has 0 radical (unpaired) electrons. The van der Waals surface area contributed by atoms with Crippen molar-refractivity contribution in [2.24, 2.45) is 0 Å². The second kappa shape index (κ2) is 45.6. The van der Waals surface area contributed by atoms with Crippen LogP contribution in [0.15, 0.2) is 60.8 Å². The number of aliphatic hydroxyl groups is 2. The summed E-state index contributed by atoms with van der Waals surface area (Å²) in [5, 5.41) is 23.7. The molecule has 0 aliphatic heterocycles. The minimum absolute atomic E-state index is 0.0444. The Hall–Kier alpha value is -2.44. The van der Waals surface area contributed by atoms with Gasteiger partial charge in [-0.15, -0.1) is 0 Å². The van der Waals surface area contributed by atoms with Gasteiger partial charge in [0, 0.05) is 6.42 Å². The number of nitrogens with one attached hydrogen (secondary N) is 1. The summed E-state index contributed by atoms with van der Waals surface area (Å²) in [4.78, 5) is 26.1. The zero-order valence-electron chi connectivity index (χ0n) is 38.2. The van der Waals surface area contributed by atoms with Gasteiger partial charge in [0.05, 0.1) is 25.2 Å². The molecule has 0 aliphatic rings. The van der Waals surface area contributed by atoms with Crippen LogP contribution in [0.5, 0.6) is 0 Å². The number of amides is 1. The van der Waals surface area contributed by atoms with Gasteiger partial charge in [0.1, 0.15) is 6.10 Å². The van der Waals surface area contributed by atoms with Crippen molar-refractivity contribution in [3.8, 4) is 0 Å². The molecule has 0 fully saturated rings. The maximum absolute atomic E-state index is 13.2. The average Bonchev–Trinajstić information content (AvgIpc) is 3.22. The van der Waals surface area contributed by atoms with E-state index in [0.717, 1.165) is 83.5 Å². The molecule has 3 N–H and O–H groups in total. The number of carbonyl (C=O) groups is 2. The van der Waals surface area contributed by atoms with E-state index in [1.807, 2.05) is 24.3 Å². The lowest BCUT2D eigenvalue weighted by Crippen LogP contribution is -2.46. The van der Waals surface area contributed by atoms with Crippen molar-refractivity contribution in [2.75, 3.05) is 6.61 Å². The van der Waals surface area contributed by atoms with E-state index in [1.165, 1.54) is 103 Å². The van der Waals surface area contributed by atoms with Gasteiger partial charge in [-0.25, -0.2) is 0 Å². The fourth-order valence-corrected chi connectivity index (χ4v) is 7.20. The Kier molecular flexibility index (Phi) is 43.7. The SMILES string of the molecule is CC/C=C/C=C/C=C/C=C\CCCCCC(CC(=O)NC(CO)C(O)CCCCCCCCCCCCCC)OC(=O)CCCCC/C=C\CCCCCCCCC. The van der Waals surface area contributed by atoms with Crippen LogP contribution in [0.4, 0.5) is 0 Å². The number of allylic oxidation sites excluding steroid dienone is 10. The van der Waals surface area contributed by atoms with Gasteiger partial charge >= 0.3 is 5.97 Å². The molecule has 336 valence electrons. The normalized spacial score (nSPS) is 13.8. The van der Waals surface area contributed by atoms with Crippen LogP contribution in [-0.2, 0) is 14.3 Å². The summed E-state index contributed by atoms with van der Waals surface area (Å²) in [6.45, 7) is 6.32. The molecule has 3 unspecified atom stereocenters. The standard InChI is InChI=1S/C52H93NO5/c1-4-7-10-13-16-19-22-25-27-30-33-36-39-42-45-52(57)58-48(43-40-37-34-31-28-26-23-20-17-14-11-8-5-2)46-51(56)53-49(47-54)50(55)44-41-38-35-32-29-24-21-18-15-12-9-6-3/h8,11,14,17,20,23,26-28,30,48-50,54-55H,4-7,9-10,12-13,15-16,18-19,21-22,24-25,29,31-47H2,1-3H3,(H,53,56)/b11-8+,17-14+,23-20+,28-26-,30-27-. The topological polar surface area (TPSA) is 95.9 Å². The third kappa shape index (κ3) is 40.3. The lowest BCUT2D eigenvalue weighted by Gasteiger charge is -2.24. The number of hydrogen-bond donors (Lipinski definition) is 3. The number of hydrogen-bond acceptors (Lipinski definition) is 5. The van der Waals surface area contributed by atoms with Gasteiger partial charge in [0.25, 0.3) is 0 Å². The zero-order valence-corrected chi connectivity index (χ0v) is 38.2. The molecule has 6 nitrogen and oxygen atoms in total. The van der Waals surface area contributed by atoms with Gasteiger partial charge in [0.15, 0.2) is 0 Å². The van der Waals surface area contributed by atoms with Crippen LogP contribution in [0.3, 0.4) is 0 Å². The Bertz CT molecular complexity index is 1050. The van der Waals surface area contributed by atoms with Crippen LogP contribution in [-0.4, -0.2) is 46.9 Å². The highest BCUT2D eigenvalue weighted by atomic mass is 16.5. The summed E-state index contributed by atoms with van der Waals surface area (Å²) in [5.74, 6) is -0.533. The minimum Gasteiger partial charge on any atom is -0.462 e. The Morgan fingerprint density at radius 3 is 1.48 bits per heavy atom. The highest BCUT2D eigenvalue weighted by molar-refractivity contribution is 5.77. The summed E-state index contributed by atoms with van der Waals surface area (Å²) < 4.78 is 5.89.